The molecule has 0 rings (SSSR count). The van der Waals surface area contributed by atoms with Gasteiger partial charge in [0.2, 0.25) is 0 Å². The average Bonchev–Trinajstić information content (AvgIpc) is 3.26. The molecule has 0 aliphatic carbocycles. The monoisotopic (exact) mass is 877 g/mol. The zero-order valence-electron chi connectivity index (χ0n) is 42.7. The van der Waals surface area contributed by atoms with Gasteiger partial charge in [-0.15, -0.1) is 0 Å². The summed E-state index contributed by atoms with van der Waals surface area (Å²) >= 11 is 0. The zero-order chi connectivity index (χ0) is 45.6. The molecule has 0 fully saturated rings. The Kier molecular flexibility index (Phi) is 46.2. The van der Waals surface area contributed by atoms with Crippen molar-refractivity contribution in [2.75, 3.05) is 13.2 Å². The first-order valence-electron chi connectivity index (χ1n) is 27.7. The van der Waals surface area contributed by atoms with Crippen molar-refractivity contribution in [3.05, 3.63) is 0 Å². The van der Waals surface area contributed by atoms with Gasteiger partial charge in [-0.25, -0.2) is 0 Å². The highest BCUT2D eigenvalue weighted by molar-refractivity contribution is 5.71. The number of carbonyl (C=O) groups excluding carboxylic acids is 3. The summed E-state index contributed by atoms with van der Waals surface area (Å²) in [7, 11) is 0. The van der Waals surface area contributed by atoms with E-state index < -0.39 is 6.10 Å². The second kappa shape index (κ2) is 47.4. The van der Waals surface area contributed by atoms with E-state index in [0.717, 1.165) is 75.5 Å². The van der Waals surface area contributed by atoms with Crippen LogP contribution in [0.1, 0.15) is 305 Å². The van der Waals surface area contributed by atoms with Crippen molar-refractivity contribution in [2.45, 2.75) is 311 Å². The zero-order valence-corrected chi connectivity index (χ0v) is 42.7. The average molecular weight is 877 g/mol. The van der Waals surface area contributed by atoms with Crippen LogP contribution in [0.5, 0.6) is 0 Å². The van der Waals surface area contributed by atoms with Crippen molar-refractivity contribution in [2.24, 2.45) is 17.8 Å². The van der Waals surface area contributed by atoms with E-state index in [9.17, 15) is 14.4 Å². The summed E-state index contributed by atoms with van der Waals surface area (Å²) in [4.78, 5) is 38.0. The molecule has 0 saturated heterocycles. The smallest absolute Gasteiger partial charge is 0.306 e. The molecule has 62 heavy (non-hydrogen) atoms. The Balaban J connectivity index is 4.30. The molecule has 0 bridgehead atoms. The standard InChI is InChI=1S/C56H108O6/c1-7-51(5)43-37-31-25-19-15-11-9-10-12-16-20-27-33-39-45-54(57)60-48-53(49-61-55(58)46-40-34-28-23-22-26-32-38-44-52(6)8-2)62-56(59)47-41-35-29-21-17-13-14-18-24-30-36-42-50(3)4/h50-53H,7-49H2,1-6H3/t51?,52?,53-/m1/s1. The van der Waals surface area contributed by atoms with Crippen LogP contribution >= 0.6 is 0 Å². The Morgan fingerprint density at radius 3 is 0.839 bits per heavy atom. The van der Waals surface area contributed by atoms with E-state index >= 15 is 0 Å². The number of esters is 3. The highest BCUT2D eigenvalue weighted by atomic mass is 16.6. The van der Waals surface area contributed by atoms with Crippen LogP contribution in [0.15, 0.2) is 0 Å². The number of hydrogen-bond donors (Lipinski definition) is 0. The minimum absolute atomic E-state index is 0.0643. The normalized spacial score (nSPS) is 13.0. The van der Waals surface area contributed by atoms with Crippen molar-refractivity contribution >= 4 is 17.9 Å². The lowest BCUT2D eigenvalue weighted by molar-refractivity contribution is -0.167. The van der Waals surface area contributed by atoms with Gasteiger partial charge < -0.3 is 14.2 Å². The fourth-order valence-electron chi connectivity index (χ4n) is 8.40. The Labute approximate surface area is 387 Å². The van der Waals surface area contributed by atoms with Crippen LogP contribution in [-0.4, -0.2) is 37.2 Å². The quantitative estimate of drug-likeness (QED) is 0.0344. The highest BCUT2D eigenvalue weighted by Crippen LogP contribution is 2.19. The maximum atomic E-state index is 12.8. The molecule has 0 saturated carbocycles. The van der Waals surface area contributed by atoms with E-state index in [0.29, 0.717) is 19.3 Å². The minimum Gasteiger partial charge on any atom is -0.462 e. The number of hydrogen-bond acceptors (Lipinski definition) is 6. The molecular weight excluding hydrogens is 769 g/mol. The Bertz CT molecular complexity index is 964. The highest BCUT2D eigenvalue weighted by Gasteiger charge is 2.19. The fourth-order valence-corrected chi connectivity index (χ4v) is 8.40. The Hall–Kier alpha value is -1.59. The van der Waals surface area contributed by atoms with Gasteiger partial charge >= 0.3 is 17.9 Å². The summed E-state index contributed by atoms with van der Waals surface area (Å²) in [6.07, 6.45) is 47.9. The van der Waals surface area contributed by atoms with Crippen LogP contribution in [0.25, 0.3) is 0 Å². The van der Waals surface area contributed by atoms with Gasteiger partial charge in [0.15, 0.2) is 6.10 Å². The van der Waals surface area contributed by atoms with E-state index in [4.69, 9.17) is 14.2 Å². The molecule has 0 amide bonds. The number of carbonyl (C=O) groups is 3. The van der Waals surface area contributed by atoms with Crippen molar-refractivity contribution in [3.8, 4) is 0 Å². The molecule has 0 heterocycles. The third-order valence-corrected chi connectivity index (χ3v) is 13.4. The van der Waals surface area contributed by atoms with Crippen LogP contribution in [-0.2, 0) is 28.6 Å². The molecule has 6 nitrogen and oxygen atoms in total. The minimum atomic E-state index is -0.763. The van der Waals surface area contributed by atoms with E-state index in [-0.39, 0.29) is 31.1 Å². The largest absolute Gasteiger partial charge is 0.462 e. The van der Waals surface area contributed by atoms with Gasteiger partial charge in [-0.1, -0.05) is 266 Å². The van der Waals surface area contributed by atoms with Gasteiger partial charge in [-0.3, -0.25) is 14.4 Å². The maximum absolute atomic E-state index is 12.8. The van der Waals surface area contributed by atoms with Crippen molar-refractivity contribution < 1.29 is 28.6 Å². The van der Waals surface area contributed by atoms with Crippen molar-refractivity contribution in [3.63, 3.8) is 0 Å². The first-order valence-corrected chi connectivity index (χ1v) is 27.7. The second-order valence-electron chi connectivity index (χ2n) is 20.2. The Morgan fingerprint density at radius 2 is 0.565 bits per heavy atom. The van der Waals surface area contributed by atoms with Gasteiger partial charge in [0.25, 0.3) is 0 Å². The van der Waals surface area contributed by atoms with E-state index in [2.05, 4.69) is 41.5 Å². The van der Waals surface area contributed by atoms with Crippen LogP contribution in [0.3, 0.4) is 0 Å². The second-order valence-corrected chi connectivity index (χ2v) is 20.2. The molecule has 0 aromatic heterocycles. The van der Waals surface area contributed by atoms with E-state index in [1.165, 1.54) is 186 Å². The molecule has 0 spiro atoms. The van der Waals surface area contributed by atoms with Gasteiger partial charge in [0, 0.05) is 19.3 Å². The van der Waals surface area contributed by atoms with Gasteiger partial charge in [0.05, 0.1) is 0 Å². The van der Waals surface area contributed by atoms with Crippen molar-refractivity contribution in [1.29, 1.82) is 0 Å². The van der Waals surface area contributed by atoms with Gasteiger partial charge in [-0.05, 0) is 37.0 Å². The Morgan fingerprint density at radius 1 is 0.323 bits per heavy atom. The molecule has 368 valence electrons. The predicted octanol–water partition coefficient (Wildman–Crippen LogP) is 17.9. The molecule has 2 unspecified atom stereocenters. The molecule has 0 radical (unpaired) electrons. The maximum Gasteiger partial charge on any atom is 0.306 e. The third-order valence-electron chi connectivity index (χ3n) is 13.4. The van der Waals surface area contributed by atoms with Crippen LogP contribution in [0, 0.1) is 17.8 Å². The summed E-state index contributed by atoms with van der Waals surface area (Å²) in [6, 6.07) is 0. The topological polar surface area (TPSA) is 78.9 Å². The van der Waals surface area contributed by atoms with Crippen LogP contribution in [0.4, 0.5) is 0 Å². The SMILES string of the molecule is CCC(C)CCCCCCCCCCCCCCCCC(=O)OC[C@H](COC(=O)CCCCCCCCCCC(C)CC)OC(=O)CCCCCCCCCCCCCC(C)C. The summed E-state index contributed by atoms with van der Waals surface area (Å²) in [5.41, 5.74) is 0. The first-order chi connectivity index (χ1) is 30.2. The van der Waals surface area contributed by atoms with Crippen LogP contribution < -0.4 is 0 Å². The summed E-state index contributed by atoms with van der Waals surface area (Å²) < 4.78 is 16.9. The molecule has 3 atom stereocenters. The van der Waals surface area contributed by atoms with Crippen LogP contribution in [0.2, 0.25) is 0 Å². The lowest BCUT2D eigenvalue weighted by Crippen LogP contribution is -2.30. The molecule has 0 aromatic rings. The summed E-state index contributed by atoms with van der Waals surface area (Å²) in [5, 5.41) is 0. The molecule has 0 aliphatic rings. The molecular formula is C56H108O6. The van der Waals surface area contributed by atoms with Crippen molar-refractivity contribution in [1.82, 2.24) is 0 Å². The summed E-state index contributed by atoms with van der Waals surface area (Å²) in [5.74, 6) is 1.72. The third kappa shape index (κ3) is 46.4. The van der Waals surface area contributed by atoms with Gasteiger partial charge in [-0.2, -0.15) is 0 Å². The fraction of sp³-hybridized carbons (Fsp3) is 0.946. The lowest BCUT2D eigenvalue weighted by atomic mass is 9.99. The number of rotatable bonds is 49. The molecule has 0 aromatic carbocycles. The molecule has 0 N–H and O–H groups in total. The van der Waals surface area contributed by atoms with E-state index in [1.54, 1.807) is 0 Å². The predicted molar refractivity (Wildman–Crippen MR) is 266 cm³/mol. The number of unbranched alkanes of at least 4 members (excludes halogenated alkanes) is 30. The molecule has 0 aliphatic heterocycles. The summed E-state index contributed by atoms with van der Waals surface area (Å²) in [6.45, 7) is 13.8. The van der Waals surface area contributed by atoms with Gasteiger partial charge in [0.1, 0.15) is 13.2 Å². The molecule has 6 heteroatoms. The van der Waals surface area contributed by atoms with E-state index in [1.807, 2.05) is 0 Å². The number of ether oxygens (including phenoxy) is 3. The lowest BCUT2D eigenvalue weighted by Gasteiger charge is -2.18. The first kappa shape index (κ1) is 60.4.